The number of amides is 1. The van der Waals surface area contributed by atoms with Gasteiger partial charge in [0, 0.05) is 18.2 Å². The van der Waals surface area contributed by atoms with Gasteiger partial charge in [-0.3, -0.25) is 4.79 Å². The number of hydrogen-bond donors (Lipinski definition) is 0. The summed E-state index contributed by atoms with van der Waals surface area (Å²) in [6.07, 6.45) is 1.92. The maximum atomic E-state index is 11.8. The van der Waals surface area contributed by atoms with Gasteiger partial charge >= 0.3 is 0 Å². The van der Waals surface area contributed by atoms with Crippen LogP contribution in [0, 0.1) is 0 Å². The van der Waals surface area contributed by atoms with Gasteiger partial charge in [-0.2, -0.15) is 0 Å². The zero-order chi connectivity index (χ0) is 13.8. The second-order valence-corrected chi connectivity index (χ2v) is 4.75. The molecule has 1 heterocycles. The molecule has 0 saturated carbocycles. The van der Waals surface area contributed by atoms with E-state index in [-0.39, 0.29) is 17.8 Å². The highest BCUT2D eigenvalue weighted by Crippen LogP contribution is 2.38. The molecule has 1 aliphatic heterocycles. The third kappa shape index (κ3) is 2.78. The van der Waals surface area contributed by atoms with Crippen LogP contribution >= 0.6 is 11.6 Å². The van der Waals surface area contributed by atoms with Crippen molar-refractivity contribution in [1.29, 1.82) is 0 Å². The first kappa shape index (κ1) is 14.0. The van der Waals surface area contributed by atoms with Crippen LogP contribution in [0.1, 0.15) is 24.4 Å². The Labute approximate surface area is 118 Å². The molecule has 1 atom stereocenters. The van der Waals surface area contributed by atoms with Gasteiger partial charge in [-0.25, -0.2) is 0 Å². The van der Waals surface area contributed by atoms with Crippen molar-refractivity contribution in [2.75, 3.05) is 26.6 Å². The van der Waals surface area contributed by atoms with E-state index in [1.807, 2.05) is 23.1 Å². The Balaban J connectivity index is 2.32. The number of alkyl halides is 1. The third-order valence-electron chi connectivity index (χ3n) is 3.49. The normalized spacial score (nSPS) is 18.5. The third-order valence-corrected chi connectivity index (χ3v) is 3.72. The lowest BCUT2D eigenvalue weighted by Gasteiger charge is -2.25. The number of nitrogens with zero attached hydrogens (tertiary/aromatic N) is 1. The predicted molar refractivity (Wildman–Crippen MR) is 74.0 cm³/mol. The highest BCUT2D eigenvalue weighted by Gasteiger charge is 2.31. The van der Waals surface area contributed by atoms with E-state index in [2.05, 4.69) is 0 Å². The number of halogens is 1. The molecule has 0 spiro atoms. The van der Waals surface area contributed by atoms with Gasteiger partial charge in [0.05, 0.1) is 20.3 Å². The van der Waals surface area contributed by atoms with Crippen molar-refractivity contribution >= 4 is 17.5 Å². The first-order valence-electron chi connectivity index (χ1n) is 6.28. The Kier molecular flexibility index (Phi) is 4.53. The van der Waals surface area contributed by atoms with Crippen LogP contribution in [-0.2, 0) is 4.79 Å². The molecule has 0 unspecified atom stereocenters. The fourth-order valence-electron chi connectivity index (χ4n) is 2.56. The van der Waals surface area contributed by atoms with E-state index in [0.29, 0.717) is 0 Å². The molecule has 5 heteroatoms. The molecule has 1 aliphatic rings. The van der Waals surface area contributed by atoms with Gasteiger partial charge in [-0.15, -0.1) is 11.6 Å². The lowest BCUT2D eigenvalue weighted by atomic mass is 10.0. The fraction of sp³-hybridized carbons (Fsp3) is 0.500. The SMILES string of the molecule is COc1ccc([C@@H]2CCCN2C(=O)CCl)c(OC)c1. The van der Waals surface area contributed by atoms with Crippen LogP contribution in [0.2, 0.25) is 0 Å². The van der Waals surface area contributed by atoms with Crippen LogP contribution in [0.4, 0.5) is 0 Å². The standard InChI is InChI=1S/C14H18ClNO3/c1-18-10-5-6-11(13(8-10)19-2)12-4-3-7-16(12)14(17)9-15/h5-6,8,12H,3-4,7,9H2,1-2H3/t12-/m0/s1. The van der Waals surface area contributed by atoms with E-state index in [1.54, 1.807) is 14.2 Å². The molecule has 2 rings (SSSR count). The van der Waals surface area contributed by atoms with Crippen molar-refractivity contribution in [3.8, 4) is 11.5 Å². The zero-order valence-electron chi connectivity index (χ0n) is 11.2. The summed E-state index contributed by atoms with van der Waals surface area (Å²) < 4.78 is 10.6. The van der Waals surface area contributed by atoms with Gasteiger partial charge in [0.25, 0.3) is 0 Å². The van der Waals surface area contributed by atoms with E-state index >= 15 is 0 Å². The number of likely N-dealkylation sites (tertiary alicyclic amines) is 1. The average Bonchev–Trinajstić information content (AvgIpc) is 2.94. The molecule has 0 bridgehead atoms. The summed E-state index contributed by atoms with van der Waals surface area (Å²) in [5.41, 5.74) is 1.01. The Hall–Kier alpha value is -1.42. The minimum Gasteiger partial charge on any atom is -0.497 e. The maximum Gasteiger partial charge on any atom is 0.238 e. The Morgan fingerprint density at radius 2 is 2.21 bits per heavy atom. The number of carbonyl (C=O) groups is 1. The topological polar surface area (TPSA) is 38.8 Å². The molecule has 1 aromatic carbocycles. The van der Waals surface area contributed by atoms with Crippen LogP contribution in [0.15, 0.2) is 18.2 Å². The van der Waals surface area contributed by atoms with Crippen molar-refractivity contribution in [1.82, 2.24) is 4.90 Å². The van der Waals surface area contributed by atoms with E-state index in [9.17, 15) is 4.79 Å². The predicted octanol–water partition coefficient (Wildman–Crippen LogP) is 2.61. The van der Waals surface area contributed by atoms with E-state index in [4.69, 9.17) is 21.1 Å². The molecule has 1 fully saturated rings. The number of carbonyl (C=O) groups excluding carboxylic acids is 1. The number of hydrogen-bond acceptors (Lipinski definition) is 3. The molecule has 1 saturated heterocycles. The van der Waals surface area contributed by atoms with Crippen molar-refractivity contribution < 1.29 is 14.3 Å². The molecule has 0 aromatic heterocycles. The molecule has 0 N–H and O–H groups in total. The first-order chi connectivity index (χ1) is 9.21. The molecule has 104 valence electrons. The summed E-state index contributed by atoms with van der Waals surface area (Å²) in [6, 6.07) is 5.74. The summed E-state index contributed by atoms with van der Waals surface area (Å²) in [5, 5.41) is 0. The average molecular weight is 284 g/mol. The summed E-state index contributed by atoms with van der Waals surface area (Å²) >= 11 is 5.66. The quantitative estimate of drug-likeness (QED) is 0.798. The van der Waals surface area contributed by atoms with E-state index < -0.39 is 0 Å². The largest absolute Gasteiger partial charge is 0.497 e. The van der Waals surface area contributed by atoms with Gasteiger partial charge < -0.3 is 14.4 Å². The van der Waals surface area contributed by atoms with Crippen molar-refractivity contribution in [3.63, 3.8) is 0 Å². The van der Waals surface area contributed by atoms with Crippen molar-refractivity contribution in [2.24, 2.45) is 0 Å². The highest BCUT2D eigenvalue weighted by molar-refractivity contribution is 6.27. The van der Waals surface area contributed by atoms with Crippen LogP contribution in [-0.4, -0.2) is 37.5 Å². The second kappa shape index (κ2) is 6.15. The van der Waals surface area contributed by atoms with Crippen molar-refractivity contribution in [3.05, 3.63) is 23.8 Å². The summed E-state index contributed by atoms with van der Waals surface area (Å²) in [4.78, 5) is 13.7. The van der Waals surface area contributed by atoms with Crippen LogP contribution in [0.25, 0.3) is 0 Å². The smallest absolute Gasteiger partial charge is 0.238 e. The molecule has 0 aliphatic carbocycles. The molecule has 1 amide bonds. The molecular weight excluding hydrogens is 266 g/mol. The zero-order valence-corrected chi connectivity index (χ0v) is 11.9. The minimum absolute atomic E-state index is 0.0228. The molecule has 0 radical (unpaired) electrons. The number of ether oxygens (including phenoxy) is 2. The Morgan fingerprint density at radius 1 is 1.42 bits per heavy atom. The Morgan fingerprint density at radius 3 is 2.84 bits per heavy atom. The number of rotatable bonds is 4. The number of methoxy groups -OCH3 is 2. The lowest BCUT2D eigenvalue weighted by Crippen LogP contribution is -2.31. The second-order valence-electron chi connectivity index (χ2n) is 4.49. The van der Waals surface area contributed by atoms with Gasteiger partial charge in [0.15, 0.2) is 0 Å². The van der Waals surface area contributed by atoms with Gasteiger partial charge in [-0.1, -0.05) is 0 Å². The Bertz CT molecular complexity index is 464. The monoisotopic (exact) mass is 283 g/mol. The minimum atomic E-state index is -0.0259. The van der Waals surface area contributed by atoms with E-state index in [1.165, 1.54) is 0 Å². The lowest BCUT2D eigenvalue weighted by molar-refractivity contribution is -0.129. The van der Waals surface area contributed by atoms with E-state index in [0.717, 1.165) is 36.4 Å². The summed E-state index contributed by atoms with van der Waals surface area (Å²) in [5.74, 6) is 1.49. The first-order valence-corrected chi connectivity index (χ1v) is 6.82. The molecule has 4 nitrogen and oxygen atoms in total. The molecular formula is C14H18ClNO3. The molecule has 1 aromatic rings. The van der Waals surface area contributed by atoms with Crippen LogP contribution in [0.5, 0.6) is 11.5 Å². The van der Waals surface area contributed by atoms with Crippen LogP contribution < -0.4 is 9.47 Å². The molecule has 19 heavy (non-hydrogen) atoms. The van der Waals surface area contributed by atoms with Gasteiger partial charge in [0.2, 0.25) is 5.91 Å². The van der Waals surface area contributed by atoms with Gasteiger partial charge in [-0.05, 0) is 25.0 Å². The summed E-state index contributed by atoms with van der Waals surface area (Å²) in [6.45, 7) is 0.755. The van der Waals surface area contributed by atoms with Gasteiger partial charge in [0.1, 0.15) is 17.4 Å². The van der Waals surface area contributed by atoms with Crippen LogP contribution in [0.3, 0.4) is 0 Å². The number of benzene rings is 1. The van der Waals surface area contributed by atoms with Crippen molar-refractivity contribution in [2.45, 2.75) is 18.9 Å². The highest BCUT2D eigenvalue weighted by atomic mass is 35.5. The maximum absolute atomic E-state index is 11.8. The summed E-state index contributed by atoms with van der Waals surface area (Å²) in [7, 11) is 3.24. The fourth-order valence-corrected chi connectivity index (χ4v) is 2.71.